The molecule has 6 nitrogen and oxygen atoms in total. The largest absolute Gasteiger partial charge is 0.497 e. The lowest BCUT2D eigenvalue weighted by atomic mass is 10.1. The zero-order valence-electron chi connectivity index (χ0n) is 15.9. The van der Waals surface area contributed by atoms with Gasteiger partial charge >= 0.3 is 0 Å². The SMILES string of the molecule is COc1ccc(NC(N)=NCc2ccc(C)cc2OCC2CCCO2)cc1. The molecule has 1 aliphatic rings. The van der Waals surface area contributed by atoms with Crippen molar-refractivity contribution in [2.75, 3.05) is 25.6 Å². The number of aliphatic imine (C=N–C) groups is 1. The highest BCUT2D eigenvalue weighted by molar-refractivity contribution is 5.92. The molecule has 6 heteroatoms. The van der Waals surface area contributed by atoms with Gasteiger partial charge in [-0.3, -0.25) is 0 Å². The summed E-state index contributed by atoms with van der Waals surface area (Å²) in [7, 11) is 1.64. The Balaban J connectivity index is 1.61. The van der Waals surface area contributed by atoms with Gasteiger partial charge in [0.1, 0.15) is 18.1 Å². The number of hydrogen-bond acceptors (Lipinski definition) is 4. The van der Waals surface area contributed by atoms with Gasteiger partial charge in [-0.05, 0) is 55.7 Å². The molecular weight excluding hydrogens is 342 g/mol. The van der Waals surface area contributed by atoms with Crippen molar-refractivity contribution in [1.82, 2.24) is 0 Å². The lowest BCUT2D eigenvalue weighted by molar-refractivity contribution is 0.0676. The highest BCUT2D eigenvalue weighted by Gasteiger charge is 2.16. The summed E-state index contributed by atoms with van der Waals surface area (Å²) in [5.74, 6) is 1.99. The standard InChI is InChI=1S/C21H27N3O3/c1-15-5-6-16(20(12-15)27-14-19-4-3-11-26-19)13-23-21(22)24-17-7-9-18(25-2)10-8-17/h5-10,12,19H,3-4,11,13-14H2,1-2H3,(H3,22,23,24). The van der Waals surface area contributed by atoms with Crippen LogP contribution >= 0.6 is 0 Å². The van der Waals surface area contributed by atoms with Crippen LogP contribution in [0.2, 0.25) is 0 Å². The zero-order valence-corrected chi connectivity index (χ0v) is 15.9. The summed E-state index contributed by atoms with van der Waals surface area (Å²) in [6.07, 6.45) is 2.34. The van der Waals surface area contributed by atoms with E-state index in [0.717, 1.165) is 47.8 Å². The van der Waals surface area contributed by atoms with Crippen LogP contribution in [0.4, 0.5) is 5.69 Å². The van der Waals surface area contributed by atoms with Crippen LogP contribution in [0, 0.1) is 6.92 Å². The molecule has 2 aromatic carbocycles. The molecule has 0 bridgehead atoms. The Morgan fingerprint density at radius 1 is 1.26 bits per heavy atom. The Labute approximate surface area is 160 Å². The van der Waals surface area contributed by atoms with Gasteiger partial charge in [-0.15, -0.1) is 0 Å². The van der Waals surface area contributed by atoms with E-state index < -0.39 is 0 Å². The van der Waals surface area contributed by atoms with E-state index in [2.05, 4.69) is 16.4 Å². The number of hydrogen-bond donors (Lipinski definition) is 2. The maximum atomic E-state index is 6.02. The van der Waals surface area contributed by atoms with Crippen molar-refractivity contribution in [3.8, 4) is 11.5 Å². The molecule has 1 saturated heterocycles. The number of nitrogens with zero attached hydrogens (tertiary/aromatic N) is 1. The molecule has 1 fully saturated rings. The van der Waals surface area contributed by atoms with E-state index in [-0.39, 0.29) is 6.10 Å². The van der Waals surface area contributed by atoms with Crippen molar-refractivity contribution in [2.24, 2.45) is 10.7 Å². The third-order valence-corrected chi connectivity index (χ3v) is 4.45. The van der Waals surface area contributed by atoms with Crippen molar-refractivity contribution in [3.63, 3.8) is 0 Å². The Hall–Kier alpha value is -2.73. The molecule has 0 radical (unpaired) electrons. The fourth-order valence-corrected chi connectivity index (χ4v) is 2.92. The number of rotatable bonds is 7. The third kappa shape index (κ3) is 5.62. The first-order chi connectivity index (χ1) is 13.1. The molecule has 1 heterocycles. The second-order valence-corrected chi connectivity index (χ2v) is 6.61. The first-order valence-corrected chi connectivity index (χ1v) is 9.19. The highest BCUT2D eigenvalue weighted by Crippen LogP contribution is 2.23. The smallest absolute Gasteiger partial charge is 0.193 e. The summed E-state index contributed by atoms with van der Waals surface area (Å²) in [4.78, 5) is 4.44. The lowest BCUT2D eigenvalue weighted by Crippen LogP contribution is -2.22. The van der Waals surface area contributed by atoms with E-state index in [1.54, 1.807) is 7.11 Å². The molecule has 0 aliphatic carbocycles. The van der Waals surface area contributed by atoms with E-state index in [0.29, 0.717) is 19.1 Å². The number of methoxy groups -OCH3 is 1. The average molecular weight is 369 g/mol. The molecule has 27 heavy (non-hydrogen) atoms. The molecule has 0 saturated carbocycles. The summed E-state index contributed by atoms with van der Waals surface area (Å²) < 4.78 is 16.8. The molecule has 1 aliphatic heterocycles. The third-order valence-electron chi connectivity index (χ3n) is 4.45. The van der Waals surface area contributed by atoms with Gasteiger partial charge in [-0.2, -0.15) is 0 Å². The summed E-state index contributed by atoms with van der Waals surface area (Å²) in [5.41, 5.74) is 9.03. The van der Waals surface area contributed by atoms with Crippen LogP contribution in [0.15, 0.2) is 47.5 Å². The number of nitrogens with one attached hydrogen (secondary N) is 1. The van der Waals surface area contributed by atoms with Crippen LogP contribution in [0.3, 0.4) is 0 Å². The van der Waals surface area contributed by atoms with Gasteiger partial charge in [0.25, 0.3) is 0 Å². The van der Waals surface area contributed by atoms with Gasteiger partial charge in [-0.1, -0.05) is 12.1 Å². The Kier molecular flexibility index (Phi) is 6.54. The Bertz CT molecular complexity index is 769. The van der Waals surface area contributed by atoms with Crippen LogP contribution in [0.5, 0.6) is 11.5 Å². The maximum Gasteiger partial charge on any atom is 0.193 e. The minimum absolute atomic E-state index is 0.184. The van der Waals surface area contributed by atoms with Crippen LogP contribution in [0.25, 0.3) is 0 Å². The molecule has 2 aromatic rings. The van der Waals surface area contributed by atoms with Gasteiger partial charge in [0.2, 0.25) is 0 Å². The highest BCUT2D eigenvalue weighted by atomic mass is 16.5. The first kappa shape index (κ1) is 19.0. The van der Waals surface area contributed by atoms with Gasteiger partial charge < -0.3 is 25.3 Å². The van der Waals surface area contributed by atoms with Gasteiger partial charge in [-0.25, -0.2) is 4.99 Å². The molecule has 0 aromatic heterocycles. The van der Waals surface area contributed by atoms with Crippen molar-refractivity contribution in [1.29, 1.82) is 0 Å². The van der Waals surface area contributed by atoms with Crippen molar-refractivity contribution in [3.05, 3.63) is 53.6 Å². The van der Waals surface area contributed by atoms with Crippen molar-refractivity contribution < 1.29 is 14.2 Å². The number of benzene rings is 2. The number of aryl methyl sites for hydroxylation is 1. The van der Waals surface area contributed by atoms with Crippen LogP contribution in [0.1, 0.15) is 24.0 Å². The topological polar surface area (TPSA) is 78.1 Å². The van der Waals surface area contributed by atoms with Crippen LogP contribution in [-0.4, -0.2) is 32.4 Å². The second-order valence-electron chi connectivity index (χ2n) is 6.61. The molecule has 3 rings (SSSR count). The Morgan fingerprint density at radius 3 is 2.78 bits per heavy atom. The first-order valence-electron chi connectivity index (χ1n) is 9.19. The molecule has 1 atom stereocenters. The average Bonchev–Trinajstić information content (AvgIpc) is 3.20. The predicted molar refractivity (Wildman–Crippen MR) is 108 cm³/mol. The van der Waals surface area contributed by atoms with E-state index in [1.165, 1.54) is 0 Å². The number of guanidine groups is 1. The molecule has 0 amide bonds. The van der Waals surface area contributed by atoms with E-state index in [4.69, 9.17) is 19.9 Å². The number of nitrogens with two attached hydrogens (primary N) is 1. The fourth-order valence-electron chi connectivity index (χ4n) is 2.92. The summed E-state index contributed by atoms with van der Waals surface area (Å²) in [5, 5.41) is 3.08. The van der Waals surface area contributed by atoms with Gasteiger partial charge in [0, 0.05) is 17.9 Å². The number of ether oxygens (including phenoxy) is 3. The second kappa shape index (κ2) is 9.28. The molecule has 0 spiro atoms. The summed E-state index contributed by atoms with van der Waals surface area (Å²) in [6.45, 7) is 3.88. The summed E-state index contributed by atoms with van der Waals surface area (Å²) >= 11 is 0. The minimum atomic E-state index is 0.184. The van der Waals surface area contributed by atoms with E-state index in [9.17, 15) is 0 Å². The maximum absolute atomic E-state index is 6.02. The van der Waals surface area contributed by atoms with Crippen molar-refractivity contribution in [2.45, 2.75) is 32.4 Å². The molecule has 3 N–H and O–H groups in total. The van der Waals surface area contributed by atoms with Gasteiger partial charge in [0.05, 0.1) is 19.8 Å². The minimum Gasteiger partial charge on any atom is -0.497 e. The fraction of sp³-hybridized carbons (Fsp3) is 0.381. The normalized spacial score (nSPS) is 17.0. The zero-order chi connectivity index (χ0) is 19.1. The Morgan fingerprint density at radius 2 is 2.07 bits per heavy atom. The monoisotopic (exact) mass is 369 g/mol. The van der Waals surface area contributed by atoms with Crippen LogP contribution < -0.4 is 20.5 Å². The quantitative estimate of drug-likeness (QED) is 0.577. The summed E-state index contributed by atoms with van der Waals surface area (Å²) in [6, 6.07) is 13.6. The van der Waals surface area contributed by atoms with Crippen molar-refractivity contribution >= 4 is 11.6 Å². The molecule has 144 valence electrons. The predicted octanol–water partition coefficient (Wildman–Crippen LogP) is 3.49. The van der Waals surface area contributed by atoms with E-state index in [1.807, 2.05) is 43.3 Å². The molecular formula is C21H27N3O3. The number of anilines is 1. The van der Waals surface area contributed by atoms with Gasteiger partial charge in [0.15, 0.2) is 5.96 Å². The van der Waals surface area contributed by atoms with E-state index >= 15 is 0 Å². The van der Waals surface area contributed by atoms with Crippen LogP contribution in [-0.2, 0) is 11.3 Å². The lowest BCUT2D eigenvalue weighted by Gasteiger charge is -2.15. The molecule has 1 unspecified atom stereocenters.